The highest BCUT2D eigenvalue weighted by Crippen LogP contribution is 2.17. The van der Waals surface area contributed by atoms with E-state index in [0.717, 1.165) is 24.8 Å². The van der Waals surface area contributed by atoms with Crippen molar-refractivity contribution in [3.05, 3.63) is 54.1 Å². The number of rotatable bonds is 11. The molecule has 2 rings (SSSR count). The van der Waals surface area contributed by atoms with Crippen LogP contribution in [0.2, 0.25) is 0 Å². The summed E-state index contributed by atoms with van der Waals surface area (Å²) in [4.78, 5) is 0.0407. The lowest BCUT2D eigenvalue weighted by atomic mass is 10.2. The Balaban J connectivity index is 2.05. The first-order chi connectivity index (χ1) is 13.7. The summed E-state index contributed by atoms with van der Waals surface area (Å²) in [5.74, 6) is 0.686. The molecular weight excluding hydrogens is 412 g/mol. The number of benzene rings is 2. The molecule has 2 aromatic carbocycles. The van der Waals surface area contributed by atoms with E-state index in [2.05, 4.69) is 9.44 Å². The Hall–Kier alpha value is -1.94. The van der Waals surface area contributed by atoms with Crippen molar-refractivity contribution in [2.45, 2.75) is 55.5 Å². The van der Waals surface area contributed by atoms with Gasteiger partial charge in [-0.05, 0) is 55.3 Å². The number of hydrogen-bond donors (Lipinski definition) is 2. The molecule has 0 heterocycles. The second kappa shape index (κ2) is 10.2. The molecule has 1 unspecified atom stereocenters. The number of nitrogens with one attached hydrogen (secondary N) is 2. The van der Waals surface area contributed by atoms with E-state index in [0.29, 0.717) is 5.75 Å². The Bertz CT molecular complexity index is 986. The predicted molar refractivity (Wildman–Crippen MR) is 113 cm³/mol. The highest BCUT2D eigenvalue weighted by Gasteiger charge is 2.19. The lowest BCUT2D eigenvalue weighted by Gasteiger charge is -2.14. The average Bonchev–Trinajstić information content (AvgIpc) is 2.71. The van der Waals surface area contributed by atoms with Crippen LogP contribution in [0.15, 0.2) is 58.3 Å². The van der Waals surface area contributed by atoms with Gasteiger partial charge in [0.15, 0.2) is 0 Å². The predicted octanol–water partition coefficient (Wildman–Crippen LogP) is 3.03. The zero-order chi connectivity index (χ0) is 21.5. The molecule has 2 N–H and O–H groups in total. The van der Waals surface area contributed by atoms with Crippen molar-refractivity contribution in [2.24, 2.45) is 0 Å². The lowest BCUT2D eigenvalue weighted by molar-refractivity contribution is 0.414. The molecule has 9 heteroatoms. The van der Waals surface area contributed by atoms with Gasteiger partial charge in [0, 0.05) is 12.6 Å². The van der Waals surface area contributed by atoms with Gasteiger partial charge in [0.2, 0.25) is 20.0 Å². The number of unbranched alkanes of at least 4 members (excludes halogenated alkanes) is 1. The Morgan fingerprint density at radius 1 is 0.897 bits per heavy atom. The Labute approximate surface area is 173 Å². The normalized spacial score (nSPS) is 13.2. The second-order valence-corrected chi connectivity index (χ2v) is 10.3. The van der Waals surface area contributed by atoms with Crippen LogP contribution in [0.3, 0.4) is 0 Å². The molecule has 2 aromatic rings. The number of methoxy groups -OCH3 is 1. The molecule has 0 radical (unpaired) electrons. The third kappa shape index (κ3) is 6.81. The number of sulfonamides is 2. The van der Waals surface area contributed by atoms with Gasteiger partial charge in [-0.2, -0.15) is 0 Å². The standard InChI is InChI=1S/C20H28N2O5S2/c1-4-5-6-16(2)22-29(25,26)20-13-11-19(12-14-20)28(23,24)21-15-17-7-9-18(27-3)10-8-17/h7-14,16,21-22H,4-6,15H2,1-3H3. The quantitative estimate of drug-likeness (QED) is 0.559. The maximum atomic E-state index is 12.5. The first-order valence-corrected chi connectivity index (χ1v) is 12.4. The van der Waals surface area contributed by atoms with E-state index < -0.39 is 20.0 Å². The minimum absolute atomic E-state index is 0.00370. The molecule has 160 valence electrons. The third-order valence-corrected chi connectivity index (χ3v) is 7.44. The van der Waals surface area contributed by atoms with Crippen LogP contribution in [0.5, 0.6) is 5.75 Å². The van der Waals surface area contributed by atoms with Gasteiger partial charge in [0.25, 0.3) is 0 Å². The fraction of sp³-hybridized carbons (Fsp3) is 0.400. The summed E-state index contributed by atoms with van der Waals surface area (Å²) < 4.78 is 60.1. The molecule has 0 bridgehead atoms. The van der Waals surface area contributed by atoms with Crippen LogP contribution in [0.25, 0.3) is 0 Å². The van der Waals surface area contributed by atoms with Crippen molar-refractivity contribution in [1.82, 2.24) is 9.44 Å². The number of ether oxygens (including phenoxy) is 1. The van der Waals surface area contributed by atoms with E-state index in [1.54, 1.807) is 31.4 Å². The summed E-state index contributed by atoms with van der Waals surface area (Å²) in [6, 6.07) is 12.0. The minimum atomic E-state index is -3.77. The molecule has 29 heavy (non-hydrogen) atoms. The molecular formula is C20H28N2O5S2. The van der Waals surface area contributed by atoms with Crippen molar-refractivity contribution in [3.63, 3.8) is 0 Å². The molecule has 0 aliphatic heterocycles. The first kappa shape index (κ1) is 23.3. The van der Waals surface area contributed by atoms with Crippen LogP contribution < -0.4 is 14.2 Å². The molecule has 0 amide bonds. The monoisotopic (exact) mass is 440 g/mol. The maximum absolute atomic E-state index is 12.5. The molecule has 0 aliphatic carbocycles. The molecule has 0 aromatic heterocycles. The molecule has 0 saturated heterocycles. The molecule has 0 aliphatic rings. The Morgan fingerprint density at radius 2 is 1.45 bits per heavy atom. The van der Waals surface area contributed by atoms with Crippen molar-refractivity contribution in [2.75, 3.05) is 7.11 Å². The summed E-state index contributed by atoms with van der Waals surface area (Å²) in [6.45, 7) is 3.97. The van der Waals surface area contributed by atoms with Gasteiger partial charge in [0.1, 0.15) is 5.75 Å². The topological polar surface area (TPSA) is 102 Å². The average molecular weight is 441 g/mol. The molecule has 0 spiro atoms. The summed E-state index contributed by atoms with van der Waals surface area (Å²) in [7, 11) is -5.90. The smallest absolute Gasteiger partial charge is 0.240 e. The highest BCUT2D eigenvalue weighted by molar-refractivity contribution is 7.90. The van der Waals surface area contributed by atoms with Crippen LogP contribution in [0.1, 0.15) is 38.7 Å². The largest absolute Gasteiger partial charge is 0.497 e. The van der Waals surface area contributed by atoms with E-state index in [-0.39, 0.29) is 22.4 Å². The highest BCUT2D eigenvalue weighted by atomic mass is 32.2. The van der Waals surface area contributed by atoms with Crippen molar-refractivity contribution < 1.29 is 21.6 Å². The summed E-state index contributed by atoms with van der Waals surface area (Å²) in [5.41, 5.74) is 0.777. The van der Waals surface area contributed by atoms with Gasteiger partial charge in [-0.15, -0.1) is 0 Å². The van der Waals surface area contributed by atoms with E-state index in [1.807, 2.05) is 13.8 Å². The summed E-state index contributed by atoms with van der Waals surface area (Å²) in [5, 5.41) is 0. The van der Waals surface area contributed by atoms with Gasteiger partial charge in [-0.25, -0.2) is 26.3 Å². The van der Waals surface area contributed by atoms with Crippen molar-refractivity contribution in [3.8, 4) is 5.75 Å². The van der Waals surface area contributed by atoms with Gasteiger partial charge in [0.05, 0.1) is 16.9 Å². The van der Waals surface area contributed by atoms with Crippen LogP contribution >= 0.6 is 0 Å². The van der Waals surface area contributed by atoms with Crippen LogP contribution in [-0.4, -0.2) is 30.0 Å². The van der Waals surface area contributed by atoms with Crippen molar-refractivity contribution >= 4 is 20.0 Å². The van der Waals surface area contributed by atoms with E-state index in [1.165, 1.54) is 24.3 Å². The third-order valence-electron chi connectivity index (χ3n) is 4.42. The second-order valence-electron chi connectivity index (χ2n) is 6.81. The van der Waals surface area contributed by atoms with Gasteiger partial charge in [-0.1, -0.05) is 31.9 Å². The fourth-order valence-corrected chi connectivity index (χ4v) is 5.00. The van der Waals surface area contributed by atoms with E-state index >= 15 is 0 Å². The van der Waals surface area contributed by atoms with Crippen LogP contribution in [0.4, 0.5) is 0 Å². The Kier molecular flexibility index (Phi) is 8.21. The molecule has 0 saturated carbocycles. The van der Waals surface area contributed by atoms with Crippen molar-refractivity contribution in [1.29, 1.82) is 0 Å². The molecule has 1 atom stereocenters. The zero-order valence-electron chi connectivity index (χ0n) is 16.9. The zero-order valence-corrected chi connectivity index (χ0v) is 18.5. The van der Waals surface area contributed by atoms with Crippen LogP contribution in [-0.2, 0) is 26.6 Å². The maximum Gasteiger partial charge on any atom is 0.240 e. The minimum Gasteiger partial charge on any atom is -0.497 e. The number of hydrogen-bond acceptors (Lipinski definition) is 5. The Morgan fingerprint density at radius 3 is 1.97 bits per heavy atom. The van der Waals surface area contributed by atoms with Crippen LogP contribution in [0, 0.1) is 0 Å². The summed E-state index contributed by atoms with van der Waals surface area (Å²) >= 11 is 0. The lowest BCUT2D eigenvalue weighted by Crippen LogP contribution is -2.32. The van der Waals surface area contributed by atoms with Gasteiger partial charge < -0.3 is 4.74 Å². The SMILES string of the molecule is CCCCC(C)NS(=O)(=O)c1ccc(S(=O)(=O)NCc2ccc(OC)cc2)cc1. The first-order valence-electron chi connectivity index (χ1n) is 9.43. The van der Waals surface area contributed by atoms with Gasteiger partial charge >= 0.3 is 0 Å². The fourth-order valence-electron chi connectivity index (χ4n) is 2.71. The molecule has 7 nitrogen and oxygen atoms in total. The molecule has 0 fully saturated rings. The summed E-state index contributed by atoms with van der Waals surface area (Å²) in [6.07, 6.45) is 2.67. The van der Waals surface area contributed by atoms with Gasteiger partial charge in [-0.3, -0.25) is 0 Å². The van der Waals surface area contributed by atoms with E-state index in [9.17, 15) is 16.8 Å². The van der Waals surface area contributed by atoms with E-state index in [4.69, 9.17) is 4.74 Å².